The molecule has 86 valence electrons. The number of rotatable bonds is 2. The van der Waals surface area contributed by atoms with Crippen molar-refractivity contribution in [2.45, 2.75) is 6.92 Å². The first-order valence-electron chi connectivity index (χ1n) is 4.96. The van der Waals surface area contributed by atoms with Crippen LogP contribution in [0.5, 0.6) is 0 Å². The molecule has 0 aliphatic rings. The fraction of sp³-hybridized carbons (Fsp3) is 0.0833. The van der Waals surface area contributed by atoms with Crippen molar-refractivity contribution >= 4 is 5.69 Å². The maximum absolute atomic E-state index is 13.9. The van der Waals surface area contributed by atoms with Gasteiger partial charge in [0.25, 0.3) is 0 Å². The Kier molecular flexibility index (Phi) is 2.82. The molecule has 2 aromatic rings. The Morgan fingerprint density at radius 3 is 2.71 bits per heavy atom. The van der Waals surface area contributed by atoms with Gasteiger partial charge in [0.1, 0.15) is 0 Å². The molecule has 17 heavy (non-hydrogen) atoms. The first kappa shape index (κ1) is 11.2. The summed E-state index contributed by atoms with van der Waals surface area (Å²) in [5, 5.41) is 10.6. The first-order valence-corrected chi connectivity index (χ1v) is 4.96. The van der Waals surface area contributed by atoms with E-state index in [0.717, 1.165) is 11.6 Å². The summed E-state index contributed by atoms with van der Waals surface area (Å²) in [5.41, 5.74) is 0.811. The maximum Gasteiger partial charge on any atom is 0.305 e. The fourth-order valence-corrected chi connectivity index (χ4v) is 1.61. The van der Waals surface area contributed by atoms with Crippen molar-refractivity contribution < 1.29 is 9.31 Å². The molecule has 0 spiro atoms. The second-order valence-corrected chi connectivity index (χ2v) is 3.56. The molecule has 5 heteroatoms. The van der Waals surface area contributed by atoms with E-state index in [1.807, 2.05) is 0 Å². The van der Waals surface area contributed by atoms with Crippen molar-refractivity contribution in [2.24, 2.45) is 0 Å². The van der Waals surface area contributed by atoms with Gasteiger partial charge >= 0.3 is 5.69 Å². The van der Waals surface area contributed by atoms with E-state index in [-0.39, 0.29) is 5.56 Å². The van der Waals surface area contributed by atoms with E-state index >= 15 is 0 Å². The molecular formula is C12H9FN2O2. The Balaban J connectivity index is 2.65. The number of halogens is 1. The molecule has 4 nitrogen and oxygen atoms in total. The van der Waals surface area contributed by atoms with Gasteiger partial charge in [0, 0.05) is 17.8 Å². The SMILES string of the molecule is Cc1cccnc1-c1cccc([N+](=O)[O-])c1F. The van der Waals surface area contributed by atoms with E-state index in [1.165, 1.54) is 18.3 Å². The van der Waals surface area contributed by atoms with E-state index in [4.69, 9.17) is 0 Å². The van der Waals surface area contributed by atoms with Gasteiger partial charge in [-0.15, -0.1) is 0 Å². The van der Waals surface area contributed by atoms with Gasteiger partial charge in [-0.05, 0) is 24.6 Å². The predicted octanol–water partition coefficient (Wildman–Crippen LogP) is 3.10. The molecule has 0 amide bonds. The zero-order valence-corrected chi connectivity index (χ0v) is 9.05. The molecule has 0 unspecified atom stereocenters. The standard InChI is InChI=1S/C12H9FN2O2/c1-8-4-3-7-14-12(8)9-5-2-6-10(11(9)13)15(16)17/h2-7H,1H3. The smallest absolute Gasteiger partial charge is 0.258 e. The van der Waals surface area contributed by atoms with Crippen LogP contribution in [0.2, 0.25) is 0 Å². The van der Waals surface area contributed by atoms with Crippen LogP contribution in [0.4, 0.5) is 10.1 Å². The largest absolute Gasteiger partial charge is 0.305 e. The van der Waals surface area contributed by atoms with Crippen molar-refractivity contribution in [1.82, 2.24) is 4.98 Å². The molecule has 0 bridgehead atoms. The van der Waals surface area contributed by atoms with Crippen LogP contribution >= 0.6 is 0 Å². The highest BCUT2D eigenvalue weighted by molar-refractivity contribution is 5.66. The summed E-state index contributed by atoms with van der Waals surface area (Å²) in [4.78, 5) is 13.9. The molecule has 0 aliphatic heterocycles. The lowest BCUT2D eigenvalue weighted by Gasteiger charge is -2.05. The van der Waals surface area contributed by atoms with Crippen LogP contribution in [0, 0.1) is 22.9 Å². The van der Waals surface area contributed by atoms with Crippen molar-refractivity contribution in [3.05, 3.63) is 58.0 Å². The molecule has 1 aromatic carbocycles. The maximum atomic E-state index is 13.9. The highest BCUT2D eigenvalue weighted by atomic mass is 19.1. The van der Waals surface area contributed by atoms with Gasteiger partial charge in [0.15, 0.2) is 0 Å². The summed E-state index contributed by atoms with van der Waals surface area (Å²) in [5.74, 6) is -0.848. The number of nitro benzene ring substituents is 1. The molecule has 0 saturated heterocycles. The number of hydrogen-bond acceptors (Lipinski definition) is 3. The van der Waals surface area contributed by atoms with Crippen LogP contribution in [0.1, 0.15) is 5.56 Å². The third-order valence-electron chi connectivity index (χ3n) is 2.44. The van der Waals surface area contributed by atoms with Gasteiger partial charge in [-0.25, -0.2) is 0 Å². The van der Waals surface area contributed by atoms with Crippen molar-refractivity contribution in [3.63, 3.8) is 0 Å². The van der Waals surface area contributed by atoms with Crippen LogP contribution in [-0.4, -0.2) is 9.91 Å². The van der Waals surface area contributed by atoms with Crippen LogP contribution < -0.4 is 0 Å². The zero-order chi connectivity index (χ0) is 12.4. The minimum absolute atomic E-state index is 0.150. The van der Waals surface area contributed by atoms with E-state index in [0.29, 0.717) is 5.69 Å². The summed E-state index contributed by atoms with van der Waals surface area (Å²) in [6.45, 7) is 1.78. The number of nitrogens with zero attached hydrogens (tertiary/aromatic N) is 2. The summed E-state index contributed by atoms with van der Waals surface area (Å²) in [7, 11) is 0. The Labute approximate surface area is 96.9 Å². The average Bonchev–Trinajstić information content (AvgIpc) is 2.30. The van der Waals surface area contributed by atoms with Gasteiger partial charge in [-0.1, -0.05) is 12.1 Å². The predicted molar refractivity (Wildman–Crippen MR) is 61.0 cm³/mol. The number of nitro groups is 1. The van der Waals surface area contributed by atoms with Gasteiger partial charge in [0.2, 0.25) is 5.82 Å². The molecule has 1 heterocycles. The van der Waals surface area contributed by atoms with Crippen molar-refractivity contribution in [1.29, 1.82) is 0 Å². The highest BCUT2D eigenvalue weighted by Crippen LogP contribution is 2.29. The van der Waals surface area contributed by atoms with E-state index in [1.54, 1.807) is 19.1 Å². The Hall–Kier alpha value is -2.30. The lowest BCUT2D eigenvalue weighted by atomic mass is 10.1. The van der Waals surface area contributed by atoms with E-state index in [2.05, 4.69) is 4.98 Å². The van der Waals surface area contributed by atoms with E-state index < -0.39 is 16.4 Å². The van der Waals surface area contributed by atoms with Crippen molar-refractivity contribution in [3.8, 4) is 11.3 Å². The third-order valence-corrected chi connectivity index (χ3v) is 2.44. The monoisotopic (exact) mass is 232 g/mol. The Morgan fingerprint density at radius 1 is 1.29 bits per heavy atom. The summed E-state index contributed by atoms with van der Waals surface area (Å²) >= 11 is 0. The molecule has 2 rings (SSSR count). The first-order chi connectivity index (χ1) is 8.11. The molecule has 0 aliphatic carbocycles. The summed E-state index contributed by atoms with van der Waals surface area (Å²) < 4.78 is 13.9. The molecule has 0 N–H and O–H groups in total. The summed E-state index contributed by atoms with van der Waals surface area (Å²) in [6.07, 6.45) is 1.53. The normalized spacial score (nSPS) is 10.2. The van der Waals surface area contributed by atoms with Gasteiger partial charge < -0.3 is 0 Å². The van der Waals surface area contributed by atoms with Crippen LogP contribution in [0.3, 0.4) is 0 Å². The molecular weight excluding hydrogens is 223 g/mol. The minimum Gasteiger partial charge on any atom is -0.258 e. The molecule has 0 fully saturated rings. The lowest BCUT2D eigenvalue weighted by Crippen LogP contribution is -1.96. The fourth-order valence-electron chi connectivity index (χ4n) is 1.61. The number of aryl methyl sites for hydroxylation is 1. The van der Waals surface area contributed by atoms with Crippen LogP contribution in [0.25, 0.3) is 11.3 Å². The molecule has 1 aromatic heterocycles. The Bertz CT molecular complexity index is 584. The Morgan fingerprint density at radius 2 is 2.06 bits per heavy atom. The zero-order valence-electron chi connectivity index (χ0n) is 9.05. The third kappa shape index (κ3) is 1.99. The highest BCUT2D eigenvalue weighted by Gasteiger charge is 2.19. The number of hydrogen-bond donors (Lipinski definition) is 0. The molecule has 0 atom stereocenters. The van der Waals surface area contributed by atoms with Gasteiger partial charge in [-0.2, -0.15) is 4.39 Å². The van der Waals surface area contributed by atoms with Crippen molar-refractivity contribution in [2.75, 3.05) is 0 Å². The quantitative estimate of drug-likeness (QED) is 0.590. The second kappa shape index (κ2) is 4.29. The van der Waals surface area contributed by atoms with Crippen LogP contribution in [0.15, 0.2) is 36.5 Å². The second-order valence-electron chi connectivity index (χ2n) is 3.56. The molecule has 0 saturated carbocycles. The lowest BCUT2D eigenvalue weighted by molar-refractivity contribution is -0.387. The topological polar surface area (TPSA) is 56.0 Å². The van der Waals surface area contributed by atoms with Gasteiger partial charge in [0.05, 0.1) is 10.6 Å². The van der Waals surface area contributed by atoms with Gasteiger partial charge in [-0.3, -0.25) is 15.1 Å². The minimum atomic E-state index is -0.848. The molecule has 0 radical (unpaired) electrons. The van der Waals surface area contributed by atoms with E-state index in [9.17, 15) is 14.5 Å². The number of aromatic nitrogens is 1. The number of benzene rings is 1. The summed E-state index contributed by atoms with van der Waals surface area (Å²) in [6, 6.07) is 7.58. The average molecular weight is 232 g/mol. The van der Waals surface area contributed by atoms with Crippen LogP contribution in [-0.2, 0) is 0 Å². The number of pyridine rings is 1.